The molecule has 1 atom stereocenters. The maximum Gasteiger partial charge on any atom is 0.416 e. The van der Waals surface area contributed by atoms with Crippen LogP contribution in [0.5, 0.6) is 5.75 Å². The van der Waals surface area contributed by atoms with Gasteiger partial charge in [-0.25, -0.2) is 4.68 Å². The molecule has 0 unspecified atom stereocenters. The Hall–Kier alpha value is -3.18. The lowest BCUT2D eigenvalue weighted by Crippen LogP contribution is -2.48. The Balaban J connectivity index is 1.57. The molecule has 3 aromatic rings. The summed E-state index contributed by atoms with van der Waals surface area (Å²) >= 11 is 0. The van der Waals surface area contributed by atoms with Crippen LogP contribution in [-0.2, 0) is 17.5 Å². The van der Waals surface area contributed by atoms with Gasteiger partial charge in [0, 0.05) is 39.0 Å². The standard InChI is InChI=1S/C23H27F3N6O2/c1-33-15-14-32-22(27-28-29-32)21(17-6-8-20(34-2)9-7-17)31-12-10-30(11-13-31)19-5-3-4-18(16-19)23(24,25)26/h3-9,16,21H,10-15H2,1-2H3/t21-/m1/s1. The predicted molar refractivity (Wildman–Crippen MR) is 120 cm³/mol. The van der Waals surface area contributed by atoms with Gasteiger partial charge in [-0.1, -0.05) is 18.2 Å². The molecule has 4 rings (SSSR count). The third-order valence-corrected chi connectivity index (χ3v) is 5.96. The van der Waals surface area contributed by atoms with E-state index in [4.69, 9.17) is 9.47 Å². The minimum atomic E-state index is -4.36. The van der Waals surface area contributed by atoms with Gasteiger partial charge in [-0.2, -0.15) is 13.2 Å². The fraction of sp³-hybridized carbons (Fsp3) is 0.435. The van der Waals surface area contributed by atoms with E-state index in [1.54, 1.807) is 25.0 Å². The van der Waals surface area contributed by atoms with E-state index in [0.717, 1.165) is 17.4 Å². The van der Waals surface area contributed by atoms with Gasteiger partial charge in [-0.15, -0.1) is 5.10 Å². The van der Waals surface area contributed by atoms with Crippen LogP contribution in [0.15, 0.2) is 48.5 Å². The van der Waals surface area contributed by atoms with Crippen molar-refractivity contribution in [2.24, 2.45) is 0 Å². The van der Waals surface area contributed by atoms with Crippen LogP contribution in [0.4, 0.5) is 18.9 Å². The predicted octanol–water partition coefficient (Wildman–Crippen LogP) is 3.26. The lowest BCUT2D eigenvalue weighted by Gasteiger charge is -2.40. The number of alkyl halides is 3. The van der Waals surface area contributed by atoms with Crippen LogP contribution in [0, 0.1) is 0 Å². The van der Waals surface area contributed by atoms with Gasteiger partial charge in [0.05, 0.1) is 31.9 Å². The number of methoxy groups -OCH3 is 2. The smallest absolute Gasteiger partial charge is 0.416 e. The summed E-state index contributed by atoms with van der Waals surface area (Å²) in [4.78, 5) is 4.23. The summed E-state index contributed by atoms with van der Waals surface area (Å²) in [7, 11) is 3.24. The van der Waals surface area contributed by atoms with Crippen molar-refractivity contribution in [3.8, 4) is 5.75 Å². The van der Waals surface area contributed by atoms with Crippen molar-refractivity contribution in [2.45, 2.75) is 18.8 Å². The normalized spacial score (nSPS) is 16.0. The molecule has 0 bridgehead atoms. The first-order valence-electron chi connectivity index (χ1n) is 11.0. The fourth-order valence-electron chi connectivity index (χ4n) is 4.17. The Morgan fingerprint density at radius 2 is 1.74 bits per heavy atom. The first kappa shape index (κ1) is 24.0. The van der Waals surface area contributed by atoms with E-state index in [-0.39, 0.29) is 6.04 Å². The van der Waals surface area contributed by atoms with E-state index in [1.165, 1.54) is 12.1 Å². The van der Waals surface area contributed by atoms with Gasteiger partial charge in [0.25, 0.3) is 0 Å². The van der Waals surface area contributed by atoms with Crippen LogP contribution in [0.3, 0.4) is 0 Å². The molecule has 0 saturated carbocycles. The number of tetrazole rings is 1. The van der Waals surface area contributed by atoms with Crippen LogP contribution < -0.4 is 9.64 Å². The van der Waals surface area contributed by atoms with E-state index >= 15 is 0 Å². The SMILES string of the molecule is COCCn1nnnc1[C@@H](c1ccc(OC)cc1)N1CCN(c2cccc(C(F)(F)F)c2)CC1. The highest BCUT2D eigenvalue weighted by molar-refractivity contribution is 5.49. The zero-order chi connectivity index (χ0) is 24.1. The number of ether oxygens (including phenoxy) is 2. The number of nitrogens with zero attached hydrogens (tertiary/aromatic N) is 6. The van der Waals surface area contributed by atoms with Crippen molar-refractivity contribution in [1.82, 2.24) is 25.1 Å². The molecule has 11 heteroatoms. The highest BCUT2D eigenvalue weighted by Gasteiger charge is 2.33. The molecule has 8 nitrogen and oxygen atoms in total. The summed E-state index contributed by atoms with van der Waals surface area (Å²) in [5.41, 5.74) is 0.933. The second-order valence-electron chi connectivity index (χ2n) is 8.00. The molecule has 0 amide bonds. The van der Waals surface area contributed by atoms with Crippen molar-refractivity contribution >= 4 is 5.69 Å². The van der Waals surface area contributed by atoms with Crippen molar-refractivity contribution < 1.29 is 22.6 Å². The van der Waals surface area contributed by atoms with E-state index in [0.29, 0.717) is 50.8 Å². The molecule has 1 aromatic heterocycles. The van der Waals surface area contributed by atoms with Crippen LogP contribution in [0.1, 0.15) is 23.0 Å². The Labute approximate surface area is 195 Å². The minimum Gasteiger partial charge on any atom is -0.497 e. The topological polar surface area (TPSA) is 68.5 Å². The molecule has 2 heterocycles. The Kier molecular flexibility index (Phi) is 7.32. The molecule has 0 spiro atoms. The molecule has 1 aliphatic rings. The van der Waals surface area contributed by atoms with Crippen LogP contribution in [-0.4, -0.2) is 72.1 Å². The fourth-order valence-corrected chi connectivity index (χ4v) is 4.17. The molecular weight excluding hydrogens is 449 g/mol. The molecule has 182 valence electrons. The van der Waals surface area contributed by atoms with Gasteiger partial charge in [-0.3, -0.25) is 4.90 Å². The number of hydrogen-bond acceptors (Lipinski definition) is 7. The number of hydrogen-bond donors (Lipinski definition) is 0. The molecule has 1 fully saturated rings. The average molecular weight is 477 g/mol. The van der Waals surface area contributed by atoms with Gasteiger partial charge < -0.3 is 14.4 Å². The number of anilines is 1. The monoisotopic (exact) mass is 476 g/mol. The van der Waals surface area contributed by atoms with Crippen LogP contribution in [0.2, 0.25) is 0 Å². The third-order valence-electron chi connectivity index (χ3n) is 5.96. The van der Waals surface area contributed by atoms with Crippen molar-refractivity contribution in [3.05, 3.63) is 65.5 Å². The summed E-state index contributed by atoms with van der Waals surface area (Å²) in [5, 5.41) is 12.3. The Morgan fingerprint density at radius 1 is 1.00 bits per heavy atom. The zero-order valence-corrected chi connectivity index (χ0v) is 19.1. The van der Waals surface area contributed by atoms with Gasteiger partial charge >= 0.3 is 6.18 Å². The van der Waals surface area contributed by atoms with E-state index < -0.39 is 11.7 Å². The summed E-state index contributed by atoms with van der Waals surface area (Å²) in [6.45, 7) is 3.39. The van der Waals surface area contributed by atoms with Crippen LogP contribution >= 0.6 is 0 Å². The first-order valence-corrected chi connectivity index (χ1v) is 11.0. The highest BCUT2D eigenvalue weighted by atomic mass is 19.4. The van der Waals surface area contributed by atoms with Crippen molar-refractivity contribution in [3.63, 3.8) is 0 Å². The average Bonchev–Trinajstić information content (AvgIpc) is 3.31. The maximum absolute atomic E-state index is 13.2. The second-order valence-corrected chi connectivity index (χ2v) is 8.00. The minimum absolute atomic E-state index is 0.221. The summed E-state index contributed by atoms with van der Waals surface area (Å²) < 4.78 is 51.7. The third kappa shape index (κ3) is 5.31. The summed E-state index contributed by atoms with van der Waals surface area (Å²) in [5.74, 6) is 1.44. The second kappa shape index (κ2) is 10.4. The lowest BCUT2D eigenvalue weighted by atomic mass is 10.0. The molecule has 0 radical (unpaired) electrons. The Bertz CT molecular complexity index is 1070. The number of rotatable bonds is 8. The lowest BCUT2D eigenvalue weighted by molar-refractivity contribution is -0.137. The van der Waals surface area contributed by atoms with Gasteiger partial charge in [-0.05, 0) is 46.3 Å². The molecule has 1 aliphatic heterocycles. The van der Waals surface area contributed by atoms with E-state index in [9.17, 15) is 13.2 Å². The number of piperazine rings is 1. The van der Waals surface area contributed by atoms with E-state index in [1.807, 2.05) is 29.2 Å². The van der Waals surface area contributed by atoms with Crippen LogP contribution in [0.25, 0.3) is 0 Å². The van der Waals surface area contributed by atoms with Gasteiger partial charge in [0.1, 0.15) is 5.75 Å². The molecule has 1 saturated heterocycles. The first-order chi connectivity index (χ1) is 16.4. The van der Waals surface area contributed by atoms with Gasteiger partial charge in [0.15, 0.2) is 5.82 Å². The van der Waals surface area contributed by atoms with E-state index in [2.05, 4.69) is 20.4 Å². The summed E-state index contributed by atoms with van der Waals surface area (Å²) in [6, 6.07) is 13.0. The maximum atomic E-state index is 13.2. The number of benzene rings is 2. The van der Waals surface area contributed by atoms with Crippen molar-refractivity contribution in [2.75, 3.05) is 51.9 Å². The molecule has 0 N–H and O–H groups in total. The molecule has 34 heavy (non-hydrogen) atoms. The van der Waals surface area contributed by atoms with Crippen molar-refractivity contribution in [1.29, 1.82) is 0 Å². The molecular formula is C23H27F3N6O2. The Morgan fingerprint density at radius 3 is 2.38 bits per heavy atom. The largest absolute Gasteiger partial charge is 0.497 e. The highest BCUT2D eigenvalue weighted by Crippen LogP contribution is 2.33. The quantitative estimate of drug-likeness (QED) is 0.494. The molecule has 2 aromatic carbocycles. The summed E-state index contributed by atoms with van der Waals surface area (Å²) in [6.07, 6.45) is -4.36. The molecule has 0 aliphatic carbocycles. The van der Waals surface area contributed by atoms with Gasteiger partial charge in [0.2, 0.25) is 0 Å². The number of aromatic nitrogens is 4. The number of halogens is 3. The zero-order valence-electron chi connectivity index (χ0n) is 19.1.